The SMILES string of the molecule is CCCN(CCCCCc1ccccc1)C1CCc2c(N)cccc2C1.Cl.Cl. The van der Waals surface area contributed by atoms with Crippen LogP contribution in [0.2, 0.25) is 0 Å². The molecule has 1 atom stereocenters. The molecule has 4 heteroatoms. The highest BCUT2D eigenvalue weighted by molar-refractivity contribution is 5.85. The Balaban J connectivity index is 0.00000196. The number of nitrogens with zero attached hydrogens (tertiary/aromatic N) is 1. The van der Waals surface area contributed by atoms with Crippen LogP contribution in [0, 0.1) is 0 Å². The van der Waals surface area contributed by atoms with E-state index in [9.17, 15) is 0 Å². The average Bonchev–Trinajstić information content (AvgIpc) is 2.68. The normalized spacial score (nSPS) is 15.4. The van der Waals surface area contributed by atoms with Gasteiger partial charge in [-0.1, -0.05) is 55.8 Å². The largest absolute Gasteiger partial charge is 0.398 e. The molecule has 0 saturated heterocycles. The second-order valence-corrected chi connectivity index (χ2v) is 7.71. The number of benzene rings is 2. The predicted molar refractivity (Wildman–Crippen MR) is 127 cm³/mol. The van der Waals surface area contributed by atoms with Gasteiger partial charge in [-0.05, 0) is 80.8 Å². The maximum absolute atomic E-state index is 6.17. The molecule has 28 heavy (non-hydrogen) atoms. The number of fused-ring (bicyclic) bond motifs is 1. The minimum atomic E-state index is 0. The van der Waals surface area contributed by atoms with Crippen LogP contribution in [0.3, 0.4) is 0 Å². The van der Waals surface area contributed by atoms with Gasteiger partial charge in [-0.15, -0.1) is 24.8 Å². The first-order valence-electron chi connectivity index (χ1n) is 10.4. The van der Waals surface area contributed by atoms with E-state index in [4.69, 9.17) is 5.73 Å². The summed E-state index contributed by atoms with van der Waals surface area (Å²) < 4.78 is 0. The maximum Gasteiger partial charge on any atom is 0.0349 e. The number of unbranched alkanes of at least 4 members (excludes halogenated alkanes) is 2. The van der Waals surface area contributed by atoms with Crippen LogP contribution in [0.1, 0.15) is 55.7 Å². The summed E-state index contributed by atoms with van der Waals surface area (Å²) >= 11 is 0. The highest BCUT2D eigenvalue weighted by atomic mass is 35.5. The van der Waals surface area contributed by atoms with Gasteiger partial charge in [-0.2, -0.15) is 0 Å². The van der Waals surface area contributed by atoms with E-state index >= 15 is 0 Å². The number of hydrogen-bond donors (Lipinski definition) is 1. The fourth-order valence-electron chi connectivity index (χ4n) is 4.36. The lowest BCUT2D eigenvalue weighted by Crippen LogP contribution is -2.40. The predicted octanol–water partition coefficient (Wildman–Crippen LogP) is 6.09. The zero-order valence-electron chi connectivity index (χ0n) is 17.1. The van der Waals surface area contributed by atoms with Crippen LogP contribution < -0.4 is 5.73 Å². The molecule has 1 aliphatic rings. The smallest absolute Gasteiger partial charge is 0.0349 e. The molecule has 0 spiro atoms. The first-order valence-corrected chi connectivity index (χ1v) is 10.4. The Hall–Kier alpha value is -1.22. The fourth-order valence-corrected chi connectivity index (χ4v) is 4.36. The second kappa shape index (κ2) is 13.1. The summed E-state index contributed by atoms with van der Waals surface area (Å²) in [6.07, 6.45) is 9.96. The molecule has 0 radical (unpaired) electrons. The van der Waals surface area contributed by atoms with Crippen LogP contribution in [-0.4, -0.2) is 24.0 Å². The van der Waals surface area contributed by atoms with Crippen LogP contribution in [0.15, 0.2) is 48.5 Å². The van der Waals surface area contributed by atoms with Gasteiger partial charge in [0, 0.05) is 11.7 Å². The molecule has 156 valence electrons. The van der Waals surface area contributed by atoms with Gasteiger partial charge in [0.25, 0.3) is 0 Å². The number of hydrogen-bond acceptors (Lipinski definition) is 2. The summed E-state index contributed by atoms with van der Waals surface area (Å²) in [5.74, 6) is 0. The van der Waals surface area contributed by atoms with E-state index in [1.807, 2.05) is 0 Å². The van der Waals surface area contributed by atoms with Crippen molar-refractivity contribution in [3.05, 3.63) is 65.2 Å². The van der Waals surface area contributed by atoms with E-state index < -0.39 is 0 Å². The van der Waals surface area contributed by atoms with Crippen molar-refractivity contribution in [3.8, 4) is 0 Å². The summed E-state index contributed by atoms with van der Waals surface area (Å²) in [4.78, 5) is 2.74. The van der Waals surface area contributed by atoms with E-state index in [1.165, 1.54) is 74.7 Å². The van der Waals surface area contributed by atoms with Crippen molar-refractivity contribution in [3.63, 3.8) is 0 Å². The van der Waals surface area contributed by atoms with E-state index in [0.29, 0.717) is 6.04 Å². The Morgan fingerprint density at radius 2 is 1.71 bits per heavy atom. The molecule has 0 heterocycles. The first-order chi connectivity index (χ1) is 12.8. The van der Waals surface area contributed by atoms with Crippen LogP contribution in [0.25, 0.3) is 0 Å². The number of anilines is 1. The lowest BCUT2D eigenvalue weighted by atomic mass is 9.86. The lowest BCUT2D eigenvalue weighted by molar-refractivity contribution is 0.176. The molecule has 0 amide bonds. The number of rotatable bonds is 9. The van der Waals surface area contributed by atoms with Gasteiger partial charge in [-0.25, -0.2) is 0 Å². The van der Waals surface area contributed by atoms with Crippen molar-refractivity contribution in [2.45, 2.75) is 64.3 Å². The topological polar surface area (TPSA) is 29.3 Å². The minimum Gasteiger partial charge on any atom is -0.398 e. The third-order valence-electron chi connectivity index (χ3n) is 5.77. The minimum absolute atomic E-state index is 0. The molecule has 2 aromatic rings. The Morgan fingerprint density at radius 1 is 0.929 bits per heavy atom. The van der Waals surface area contributed by atoms with E-state index in [0.717, 1.165) is 12.1 Å². The molecule has 0 fully saturated rings. The summed E-state index contributed by atoms with van der Waals surface area (Å²) in [5.41, 5.74) is 11.5. The van der Waals surface area contributed by atoms with Gasteiger partial charge in [0.15, 0.2) is 0 Å². The second-order valence-electron chi connectivity index (χ2n) is 7.71. The standard InChI is InChI=1S/C24H34N2.2ClH/c1-2-17-26(18-8-4-7-12-20-10-5-3-6-11-20)22-15-16-23-21(19-22)13-9-14-24(23)25;;/h3,5-6,9-11,13-14,22H,2,4,7-8,12,15-19,25H2,1H3;2*1H. The van der Waals surface area contributed by atoms with Gasteiger partial charge in [0.1, 0.15) is 0 Å². The zero-order valence-corrected chi connectivity index (χ0v) is 18.7. The zero-order chi connectivity index (χ0) is 18.2. The van der Waals surface area contributed by atoms with Gasteiger partial charge in [0.2, 0.25) is 0 Å². The Morgan fingerprint density at radius 3 is 2.46 bits per heavy atom. The highest BCUT2D eigenvalue weighted by Crippen LogP contribution is 2.28. The molecule has 0 saturated carbocycles. The van der Waals surface area contributed by atoms with E-state index in [2.05, 4.69) is 60.4 Å². The summed E-state index contributed by atoms with van der Waals surface area (Å²) in [7, 11) is 0. The van der Waals surface area contributed by atoms with Gasteiger partial charge >= 0.3 is 0 Å². The van der Waals surface area contributed by atoms with Gasteiger partial charge < -0.3 is 10.6 Å². The first kappa shape index (κ1) is 24.8. The number of nitrogens with two attached hydrogens (primary N) is 1. The third-order valence-corrected chi connectivity index (χ3v) is 5.77. The van der Waals surface area contributed by atoms with Crippen molar-refractivity contribution in [1.82, 2.24) is 4.90 Å². The highest BCUT2D eigenvalue weighted by Gasteiger charge is 2.24. The van der Waals surface area contributed by atoms with E-state index in [1.54, 1.807) is 0 Å². The fraction of sp³-hybridized carbons (Fsp3) is 0.500. The number of nitrogen functional groups attached to an aromatic ring is 1. The van der Waals surface area contributed by atoms with Crippen molar-refractivity contribution in [2.75, 3.05) is 18.8 Å². The van der Waals surface area contributed by atoms with Crippen LogP contribution in [0.4, 0.5) is 5.69 Å². The molecular weight excluding hydrogens is 387 g/mol. The molecule has 2 nitrogen and oxygen atoms in total. The average molecular weight is 423 g/mol. The maximum atomic E-state index is 6.17. The Kier molecular flexibility index (Phi) is 11.6. The Bertz CT molecular complexity index is 676. The third kappa shape index (κ3) is 6.99. The summed E-state index contributed by atoms with van der Waals surface area (Å²) in [6.45, 7) is 4.77. The van der Waals surface area contributed by atoms with Crippen molar-refractivity contribution in [2.24, 2.45) is 0 Å². The monoisotopic (exact) mass is 422 g/mol. The molecule has 0 aromatic heterocycles. The number of halogens is 2. The van der Waals surface area contributed by atoms with Crippen LogP contribution in [0.5, 0.6) is 0 Å². The molecule has 3 rings (SSSR count). The molecule has 2 aromatic carbocycles. The van der Waals surface area contributed by atoms with Crippen molar-refractivity contribution in [1.29, 1.82) is 0 Å². The molecule has 1 unspecified atom stereocenters. The molecule has 0 aliphatic heterocycles. The molecule has 2 N–H and O–H groups in total. The Labute approximate surface area is 183 Å². The van der Waals surface area contributed by atoms with Gasteiger partial charge in [0.05, 0.1) is 0 Å². The van der Waals surface area contributed by atoms with Crippen LogP contribution in [-0.2, 0) is 19.3 Å². The quantitative estimate of drug-likeness (QED) is 0.390. The van der Waals surface area contributed by atoms with E-state index in [-0.39, 0.29) is 24.8 Å². The van der Waals surface area contributed by atoms with Gasteiger partial charge in [-0.3, -0.25) is 0 Å². The molecule has 0 bridgehead atoms. The van der Waals surface area contributed by atoms with Crippen LogP contribution >= 0.6 is 24.8 Å². The molecular formula is C24H36Cl2N2. The number of aryl methyl sites for hydroxylation is 1. The van der Waals surface area contributed by atoms with Crippen molar-refractivity contribution < 1.29 is 0 Å². The molecule has 1 aliphatic carbocycles. The lowest BCUT2D eigenvalue weighted by Gasteiger charge is -2.35. The summed E-state index contributed by atoms with van der Waals surface area (Å²) in [5, 5.41) is 0. The van der Waals surface area contributed by atoms with Crippen molar-refractivity contribution >= 4 is 30.5 Å². The summed E-state index contributed by atoms with van der Waals surface area (Å²) in [6, 6.07) is 18.0.